The van der Waals surface area contributed by atoms with Crippen molar-refractivity contribution in [3.05, 3.63) is 53.6 Å². The van der Waals surface area contributed by atoms with E-state index in [1.54, 1.807) is 33.5 Å². The van der Waals surface area contributed by atoms with E-state index in [-0.39, 0.29) is 18.4 Å². The van der Waals surface area contributed by atoms with E-state index in [0.717, 1.165) is 18.4 Å². The van der Waals surface area contributed by atoms with Gasteiger partial charge in [-0.3, -0.25) is 4.79 Å². The van der Waals surface area contributed by atoms with Crippen molar-refractivity contribution in [1.82, 2.24) is 5.32 Å². The number of carbonyl (C=O) groups is 1. The Bertz CT molecular complexity index is 690. The smallest absolute Gasteiger partial charge is 0.224 e. The zero-order valence-corrected chi connectivity index (χ0v) is 15.9. The van der Waals surface area contributed by atoms with Gasteiger partial charge in [0.05, 0.1) is 27.8 Å². The molecular weight excluding hydrogens is 330 g/mol. The van der Waals surface area contributed by atoms with E-state index in [2.05, 4.69) is 17.4 Å². The topological polar surface area (TPSA) is 56.8 Å². The minimum absolute atomic E-state index is 0.0279. The second-order valence-corrected chi connectivity index (χ2v) is 6.20. The maximum absolute atomic E-state index is 12.4. The highest BCUT2D eigenvalue weighted by atomic mass is 16.5. The number of ether oxygens (including phenoxy) is 3. The summed E-state index contributed by atoms with van der Waals surface area (Å²) in [6, 6.07) is 14.0. The second kappa shape index (κ2) is 9.70. The number of aryl methyl sites for hydroxylation is 1. The average molecular weight is 357 g/mol. The van der Waals surface area contributed by atoms with E-state index in [1.807, 2.05) is 25.1 Å². The summed E-state index contributed by atoms with van der Waals surface area (Å²) in [5, 5.41) is 3.05. The normalized spacial score (nSPS) is 11.5. The van der Waals surface area contributed by atoms with Crippen LogP contribution in [0.3, 0.4) is 0 Å². The van der Waals surface area contributed by atoms with E-state index in [4.69, 9.17) is 14.2 Å². The Balaban J connectivity index is 1.94. The highest BCUT2D eigenvalue weighted by molar-refractivity contribution is 5.79. The molecule has 0 fully saturated rings. The fourth-order valence-corrected chi connectivity index (χ4v) is 2.85. The maximum atomic E-state index is 12.4. The number of amides is 1. The molecule has 140 valence electrons. The molecule has 0 spiro atoms. The van der Waals surface area contributed by atoms with Crippen LogP contribution in [-0.4, -0.2) is 33.3 Å². The SMILES string of the molecule is COc1cc(CC(=O)NC(C)CCc2ccccc2)cc(OC)c1OC. The minimum Gasteiger partial charge on any atom is -0.493 e. The van der Waals surface area contributed by atoms with E-state index >= 15 is 0 Å². The van der Waals surface area contributed by atoms with E-state index < -0.39 is 0 Å². The van der Waals surface area contributed by atoms with Crippen molar-refractivity contribution in [3.63, 3.8) is 0 Å². The van der Waals surface area contributed by atoms with Gasteiger partial charge in [-0.25, -0.2) is 0 Å². The first-order chi connectivity index (χ1) is 12.6. The van der Waals surface area contributed by atoms with Crippen LogP contribution in [0.2, 0.25) is 0 Å². The Labute approximate surface area is 155 Å². The van der Waals surface area contributed by atoms with Crippen LogP contribution in [0.4, 0.5) is 0 Å². The van der Waals surface area contributed by atoms with Crippen molar-refractivity contribution in [3.8, 4) is 17.2 Å². The molecule has 26 heavy (non-hydrogen) atoms. The molecule has 1 N–H and O–H groups in total. The quantitative estimate of drug-likeness (QED) is 0.747. The number of methoxy groups -OCH3 is 3. The first-order valence-electron chi connectivity index (χ1n) is 8.69. The lowest BCUT2D eigenvalue weighted by molar-refractivity contribution is -0.121. The van der Waals surface area contributed by atoms with E-state index in [1.165, 1.54) is 5.56 Å². The van der Waals surface area contributed by atoms with Crippen molar-refractivity contribution in [1.29, 1.82) is 0 Å². The molecule has 0 aliphatic heterocycles. The van der Waals surface area contributed by atoms with Gasteiger partial charge in [-0.2, -0.15) is 0 Å². The summed E-state index contributed by atoms with van der Waals surface area (Å²) in [5.41, 5.74) is 2.09. The Morgan fingerprint density at radius 3 is 2.12 bits per heavy atom. The molecule has 1 atom stereocenters. The van der Waals surface area contributed by atoms with Crippen molar-refractivity contribution >= 4 is 5.91 Å². The lowest BCUT2D eigenvalue weighted by atomic mass is 10.1. The van der Waals surface area contributed by atoms with Crippen LogP contribution in [0.1, 0.15) is 24.5 Å². The Kier molecular flexibility index (Phi) is 7.33. The van der Waals surface area contributed by atoms with Gasteiger partial charge in [-0.05, 0) is 43.0 Å². The molecule has 0 aliphatic carbocycles. The standard InChI is InChI=1S/C21H27NO4/c1-15(10-11-16-8-6-5-7-9-16)22-20(23)14-17-12-18(24-2)21(26-4)19(13-17)25-3/h5-9,12-13,15H,10-11,14H2,1-4H3,(H,22,23). The zero-order chi connectivity index (χ0) is 18.9. The zero-order valence-electron chi connectivity index (χ0n) is 15.9. The number of hydrogen-bond acceptors (Lipinski definition) is 4. The summed E-state index contributed by atoms with van der Waals surface area (Å²) in [6.45, 7) is 2.02. The third-order valence-electron chi connectivity index (χ3n) is 4.21. The molecule has 1 amide bonds. The second-order valence-electron chi connectivity index (χ2n) is 6.20. The van der Waals surface area contributed by atoms with Crippen LogP contribution in [0.5, 0.6) is 17.2 Å². The molecule has 2 rings (SSSR count). The summed E-state index contributed by atoms with van der Waals surface area (Å²) >= 11 is 0. The molecule has 2 aromatic rings. The summed E-state index contributed by atoms with van der Waals surface area (Å²) in [6.07, 6.45) is 2.09. The molecular formula is C21H27NO4. The van der Waals surface area contributed by atoms with Crippen LogP contribution < -0.4 is 19.5 Å². The molecule has 5 heteroatoms. The van der Waals surface area contributed by atoms with Gasteiger partial charge in [0, 0.05) is 6.04 Å². The fraction of sp³-hybridized carbons (Fsp3) is 0.381. The monoisotopic (exact) mass is 357 g/mol. The number of nitrogens with one attached hydrogen (secondary N) is 1. The predicted octanol–water partition coefficient (Wildman–Crippen LogP) is 3.39. The number of benzene rings is 2. The van der Waals surface area contributed by atoms with Gasteiger partial charge < -0.3 is 19.5 Å². The molecule has 1 unspecified atom stereocenters. The average Bonchev–Trinajstić information content (AvgIpc) is 2.66. The highest BCUT2D eigenvalue weighted by Crippen LogP contribution is 2.38. The molecule has 0 saturated heterocycles. The van der Waals surface area contributed by atoms with Gasteiger partial charge in [0.25, 0.3) is 0 Å². The van der Waals surface area contributed by atoms with Gasteiger partial charge in [-0.1, -0.05) is 30.3 Å². The molecule has 0 aliphatic rings. The van der Waals surface area contributed by atoms with Crippen molar-refractivity contribution < 1.29 is 19.0 Å². The Morgan fingerprint density at radius 2 is 1.58 bits per heavy atom. The third-order valence-corrected chi connectivity index (χ3v) is 4.21. The largest absolute Gasteiger partial charge is 0.493 e. The van der Waals surface area contributed by atoms with Crippen LogP contribution >= 0.6 is 0 Å². The first-order valence-corrected chi connectivity index (χ1v) is 8.69. The lowest BCUT2D eigenvalue weighted by Crippen LogP contribution is -2.34. The van der Waals surface area contributed by atoms with Crippen LogP contribution in [0, 0.1) is 0 Å². The predicted molar refractivity (Wildman–Crippen MR) is 102 cm³/mol. The van der Waals surface area contributed by atoms with Gasteiger partial charge in [0.2, 0.25) is 11.7 Å². The Morgan fingerprint density at radius 1 is 0.962 bits per heavy atom. The van der Waals surface area contributed by atoms with Gasteiger partial charge in [0.1, 0.15) is 0 Å². The van der Waals surface area contributed by atoms with Crippen molar-refractivity contribution in [2.24, 2.45) is 0 Å². The molecule has 0 aromatic heterocycles. The van der Waals surface area contributed by atoms with E-state index in [0.29, 0.717) is 17.2 Å². The lowest BCUT2D eigenvalue weighted by Gasteiger charge is -2.16. The van der Waals surface area contributed by atoms with E-state index in [9.17, 15) is 4.79 Å². The van der Waals surface area contributed by atoms with Gasteiger partial charge >= 0.3 is 0 Å². The summed E-state index contributed by atoms with van der Waals surface area (Å²) in [4.78, 5) is 12.4. The van der Waals surface area contributed by atoms with Crippen molar-refractivity contribution in [2.75, 3.05) is 21.3 Å². The minimum atomic E-state index is -0.0279. The maximum Gasteiger partial charge on any atom is 0.224 e. The fourth-order valence-electron chi connectivity index (χ4n) is 2.85. The summed E-state index contributed by atoms with van der Waals surface area (Å²) < 4.78 is 16.0. The number of carbonyl (C=O) groups excluding carboxylic acids is 1. The van der Waals surface area contributed by atoms with Crippen LogP contribution in [0.15, 0.2) is 42.5 Å². The summed E-state index contributed by atoms with van der Waals surface area (Å²) in [5.74, 6) is 1.59. The summed E-state index contributed by atoms with van der Waals surface area (Å²) in [7, 11) is 4.68. The van der Waals surface area contributed by atoms with Crippen molar-refractivity contribution in [2.45, 2.75) is 32.2 Å². The molecule has 5 nitrogen and oxygen atoms in total. The van der Waals surface area contributed by atoms with Gasteiger partial charge in [0.15, 0.2) is 11.5 Å². The molecule has 0 radical (unpaired) electrons. The molecule has 0 heterocycles. The van der Waals surface area contributed by atoms with Gasteiger partial charge in [-0.15, -0.1) is 0 Å². The molecule has 0 bridgehead atoms. The first kappa shape index (κ1) is 19.6. The van der Waals surface area contributed by atoms with Crippen LogP contribution in [-0.2, 0) is 17.6 Å². The third kappa shape index (κ3) is 5.41. The molecule has 0 saturated carbocycles. The number of hydrogen-bond donors (Lipinski definition) is 1. The molecule has 2 aromatic carbocycles. The number of rotatable bonds is 9. The Hall–Kier alpha value is -2.69. The van der Waals surface area contributed by atoms with Crippen LogP contribution in [0.25, 0.3) is 0 Å². The highest BCUT2D eigenvalue weighted by Gasteiger charge is 2.15.